The molecule has 6 heteroatoms. The summed E-state index contributed by atoms with van der Waals surface area (Å²) in [5, 5.41) is 0. The molecule has 2 aromatic carbocycles. The first kappa shape index (κ1) is 22.2. The quantitative estimate of drug-likeness (QED) is 0.566. The van der Waals surface area contributed by atoms with Crippen molar-refractivity contribution in [2.75, 3.05) is 0 Å². The van der Waals surface area contributed by atoms with E-state index in [4.69, 9.17) is 9.47 Å². The smallest absolute Gasteiger partial charge is 0.333 e. The maximum Gasteiger partial charge on any atom is 0.333 e. The lowest BCUT2D eigenvalue weighted by molar-refractivity contribution is -0.0646. The van der Waals surface area contributed by atoms with E-state index in [1.54, 1.807) is 17.7 Å². The Kier molecular flexibility index (Phi) is 6.72. The molecule has 0 saturated carbocycles. The Bertz CT molecular complexity index is 1150. The zero-order chi connectivity index (χ0) is 22.7. The molecule has 1 aliphatic rings. The first-order valence-electron chi connectivity index (χ1n) is 11.1. The van der Waals surface area contributed by atoms with Gasteiger partial charge in [-0.05, 0) is 24.0 Å². The molecule has 0 aliphatic carbocycles. The van der Waals surface area contributed by atoms with Crippen molar-refractivity contribution in [3.8, 4) is 0 Å². The van der Waals surface area contributed by atoms with Gasteiger partial charge in [-0.15, -0.1) is 0 Å². The average Bonchev–Trinajstić information content (AvgIpc) is 3.23. The monoisotopic (exact) mass is 434 g/mol. The summed E-state index contributed by atoms with van der Waals surface area (Å²) in [5.74, 6) is 0.229. The molecular formula is C26H30N2O4. The van der Waals surface area contributed by atoms with Crippen LogP contribution in [0.3, 0.4) is 0 Å². The molecule has 4 rings (SSSR count). The van der Waals surface area contributed by atoms with Gasteiger partial charge >= 0.3 is 5.69 Å². The highest BCUT2D eigenvalue weighted by Gasteiger charge is 2.39. The van der Waals surface area contributed by atoms with E-state index in [1.807, 2.05) is 60.7 Å². The van der Waals surface area contributed by atoms with Gasteiger partial charge in [-0.3, -0.25) is 13.9 Å². The number of aryl methyl sites for hydroxylation is 1. The third kappa shape index (κ3) is 4.76. The Labute approximate surface area is 188 Å². The van der Waals surface area contributed by atoms with Crippen LogP contribution < -0.4 is 11.2 Å². The van der Waals surface area contributed by atoms with Crippen LogP contribution in [0.5, 0.6) is 0 Å². The first-order chi connectivity index (χ1) is 15.4. The minimum absolute atomic E-state index is 0.134. The normalized spacial score (nSPS) is 20.7. The zero-order valence-electron chi connectivity index (χ0n) is 18.8. The van der Waals surface area contributed by atoms with Gasteiger partial charge in [0.25, 0.3) is 5.56 Å². The van der Waals surface area contributed by atoms with Gasteiger partial charge < -0.3 is 9.47 Å². The summed E-state index contributed by atoms with van der Waals surface area (Å²) < 4.78 is 15.4. The van der Waals surface area contributed by atoms with Gasteiger partial charge in [-0.25, -0.2) is 4.79 Å². The van der Waals surface area contributed by atoms with Crippen molar-refractivity contribution >= 4 is 0 Å². The second-order valence-electron chi connectivity index (χ2n) is 8.75. The number of hydrogen-bond donors (Lipinski definition) is 0. The van der Waals surface area contributed by atoms with Crippen molar-refractivity contribution in [2.24, 2.45) is 5.92 Å². The van der Waals surface area contributed by atoms with Crippen LogP contribution in [0.25, 0.3) is 0 Å². The Morgan fingerprint density at radius 2 is 1.62 bits per heavy atom. The SMILES string of the molecule is Cc1cn(C2CC(OCc3ccccc3)C(C(C)C)O2)c(=O)n(Cc2ccccc2)c1=O. The zero-order valence-corrected chi connectivity index (χ0v) is 18.8. The van der Waals surface area contributed by atoms with Gasteiger partial charge in [0, 0.05) is 18.2 Å². The van der Waals surface area contributed by atoms with E-state index < -0.39 is 6.23 Å². The molecule has 6 nitrogen and oxygen atoms in total. The number of ether oxygens (including phenoxy) is 2. The van der Waals surface area contributed by atoms with Crippen molar-refractivity contribution in [1.29, 1.82) is 0 Å². The van der Waals surface area contributed by atoms with Crippen molar-refractivity contribution in [3.63, 3.8) is 0 Å². The predicted molar refractivity (Wildman–Crippen MR) is 124 cm³/mol. The summed E-state index contributed by atoms with van der Waals surface area (Å²) in [6.45, 7) is 6.64. The second-order valence-corrected chi connectivity index (χ2v) is 8.75. The summed E-state index contributed by atoms with van der Waals surface area (Å²) in [7, 11) is 0. The number of nitrogens with zero attached hydrogens (tertiary/aromatic N) is 2. The highest BCUT2D eigenvalue weighted by molar-refractivity contribution is 5.16. The number of aromatic nitrogens is 2. The lowest BCUT2D eigenvalue weighted by Crippen LogP contribution is -2.42. The predicted octanol–water partition coefficient (Wildman–Crippen LogP) is 3.90. The maximum absolute atomic E-state index is 13.3. The molecule has 1 aliphatic heterocycles. The van der Waals surface area contributed by atoms with Crippen LogP contribution in [0.1, 0.15) is 43.2 Å². The van der Waals surface area contributed by atoms with Crippen molar-refractivity contribution in [3.05, 3.63) is 104 Å². The summed E-state index contributed by atoms with van der Waals surface area (Å²) in [6.07, 6.45) is 1.43. The summed E-state index contributed by atoms with van der Waals surface area (Å²) in [6, 6.07) is 19.6. The van der Waals surface area contributed by atoms with Gasteiger partial charge in [-0.1, -0.05) is 74.5 Å². The Hall–Kier alpha value is -2.96. The minimum Gasteiger partial charge on any atom is -0.371 e. The van der Waals surface area contributed by atoms with Gasteiger partial charge in [-0.2, -0.15) is 0 Å². The molecule has 3 unspecified atom stereocenters. The first-order valence-corrected chi connectivity index (χ1v) is 11.1. The Morgan fingerprint density at radius 3 is 2.25 bits per heavy atom. The lowest BCUT2D eigenvalue weighted by atomic mass is 10.0. The molecule has 1 fully saturated rings. The third-order valence-electron chi connectivity index (χ3n) is 5.94. The molecule has 168 valence electrons. The van der Waals surface area contributed by atoms with Crippen molar-refractivity contribution in [1.82, 2.24) is 9.13 Å². The van der Waals surface area contributed by atoms with Crippen LogP contribution in [0.4, 0.5) is 0 Å². The molecule has 3 aromatic rings. The van der Waals surface area contributed by atoms with Crippen LogP contribution in [-0.4, -0.2) is 21.3 Å². The minimum atomic E-state index is -0.475. The van der Waals surface area contributed by atoms with Crippen LogP contribution in [0.2, 0.25) is 0 Å². The molecule has 0 spiro atoms. The Morgan fingerprint density at radius 1 is 1.00 bits per heavy atom. The van der Waals surface area contributed by atoms with E-state index in [9.17, 15) is 9.59 Å². The van der Waals surface area contributed by atoms with Crippen LogP contribution in [-0.2, 0) is 22.6 Å². The van der Waals surface area contributed by atoms with E-state index in [0.717, 1.165) is 11.1 Å². The molecule has 1 saturated heterocycles. The largest absolute Gasteiger partial charge is 0.371 e. The van der Waals surface area contributed by atoms with Crippen LogP contribution in [0, 0.1) is 12.8 Å². The summed E-state index contributed by atoms with van der Waals surface area (Å²) >= 11 is 0. The summed E-state index contributed by atoms with van der Waals surface area (Å²) in [5.41, 5.74) is 1.88. The molecule has 32 heavy (non-hydrogen) atoms. The molecule has 0 N–H and O–H groups in total. The van der Waals surface area contributed by atoms with Crippen LogP contribution >= 0.6 is 0 Å². The van der Waals surface area contributed by atoms with E-state index in [-0.39, 0.29) is 35.9 Å². The van der Waals surface area contributed by atoms with Gasteiger partial charge in [0.1, 0.15) is 6.23 Å². The van der Waals surface area contributed by atoms with Crippen molar-refractivity contribution in [2.45, 2.75) is 58.8 Å². The molecule has 2 heterocycles. The lowest BCUT2D eigenvalue weighted by Gasteiger charge is -2.22. The van der Waals surface area contributed by atoms with Gasteiger partial charge in [0.15, 0.2) is 0 Å². The Balaban J connectivity index is 1.60. The van der Waals surface area contributed by atoms with Gasteiger partial charge in [0.2, 0.25) is 0 Å². The number of hydrogen-bond acceptors (Lipinski definition) is 4. The van der Waals surface area contributed by atoms with Crippen molar-refractivity contribution < 1.29 is 9.47 Å². The fraction of sp³-hybridized carbons (Fsp3) is 0.385. The maximum atomic E-state index is 13.3. The highest BCUT2D eigenvalue weighted by Crippen LogP contribution is 2.34. The fourth-order valence-electron chi connectivity index (χ4n) is 4.23. The molecule has 0 amide bonds. The molecule has 3 atom stereocenters. The van der Waals surface area contributed by atoms with E-state index in [0.29, 0.717) is 18.6 Å². The third-order valence-corrected chi connectivity index (χ3v) is 5.94. The molecule has 1 aromatic heterocycles. The summed E-state index contributed by atoms with van der Waals surface area (Å²) in [4.78, 5) is 26.0. The molecular weight excluding hydrogens is 404 g/mol. The molecule has 0 radical (unpaired) electrons. The fourth-order valence-corrected chi connectivity index (χ4v) is 4.23. The van der Waals surface area contributed by atoms with Gasteiger partial charge in [0.05, 0.1) is 25.4 Å². The average molecular weight is 435 g/mol. The topological polar surface area (TPSA) is 62.5 Å². The molecule has 0 bridgehead atoms. The second kappa shape index (κ2) is 9.67. The van der Waals surface area contributed by atoms with E-state index >= 15 is 0 Å². The van der Waals surface area contributed by atoms with E-state index in [1.165, 1.54) is 4.57 Å². The highest BCUT2D eigenvalue weighted by atomic mass is 16.6. The number of rotatable bonds is 7. The van der Waals surface area contributed by atoms with Crippen LogP contribution in [0.15, 0.2) is 76.4 Å². The standard InChI is InChI=1S/C26H30N2O4/c1-18(2)24-22(31-17-21-12-8-5-9-13-21)14-23(32-24)27-15-19(3)25(29)28(26(27)30)16-20-10-6-4-7-11-20/h4-13,15,18,22-24H,14,16-17H2,1-3H3. The number of benzene rings is 2. The van der Waals surface area contributed by atoms with E-state index in [2.05, 4.69) is 13.8 Å².